The van der Waals surface area contributed by atoms with Crippen LogP contribution < -0.4 is 10.7 Å². The first-order valence-electron chi connectivity index (χ1n) is 8.58. The largest absolute Gasteiger partial charge is 0.465 e. The van der Waals surface area contributed by atoms with E-state index in [2.05, 4.69) is 10.1 Å². The van der Waals surface area contributed by atoms with E-state index in [9.17, 15) is 14.4 Å². The van der Waals surface area contributed by atoms with E-state index in [0.717, 1.165) is 11.1 Å². The molecule has 0 saturated heterocycles. The van der Waals surface area contributed by atoms with Gasteiger partial charge in [0.2, 0.25) is 5.43 Å². The van der Waals surface area contributed by atoms with Crippen LogP contribution in [0.4, 0.5) is 5.69 Å². The number of ether oxygens (including phenoxy) is 1. The zero-order chi connectivity index (χ0) is 19.6. The van der Waals surface area contributed by atoms with Gasteiger partial charge in [0, 0.05) is 23.8 Å². The summed E-state index contributed by atoms with van der Waals surface area (Å²) in [6.45, 7) is 4.50. The minimum Gasteiger partial charge on any atom is -0.465 e. The number of amides is 1. The summed E-state index contributed by atoms with van der Waals surface area (Å²) in [6.07, 6.45) is 1.58. The van der Waals surface area contributed by atoms with Crippen LogP contribution in [0.3, 0.4) is 0 Å². The van der Waals surface area contributed by atoms with E-state index in [1.807, 2.05) is 30.5 Å². The Labute approximate surface area is 156 Å². The maximum absolute atomic E-state index is 12.8. The van der Waals surface area contributed by atoms with E-state index >= 15 is 0 Å². The van der Waals surface area contributed by atoms with E-state index < -0.39 is 11.9 Å². The number of hydrogen-bond donors (Lipinski definition) is 1. The minimum absolute atomic E-state index is 0.0759. The molecular weight excluding hydrogens is 344 g/mol. The van der Waals surface area contributed by atoms with Crippen molar-refractivity contribution in [2.75, 3.05) is 12.4 Å². The average molecular weight is 364 g/mol. The van der Waals surface area contributed by atoms with Gasteiger partial charge in [-0.1, -0.05) is 11.6 Å². The molecule has 0 spiro atoms. The van der Waals surface area contributed by atoms with Gasteiger partial charge in [-0.05, 0) is 50.2 Å². The van der Waals surface area contributed by atoms with Crippen molar-refractivity contribution < 1.29 is 14.3 Å². The van der Waals surface area contributed by atoms with Gasteiger partial charge in [-0.25, -0.2) is 4.79 Å². The molecule has 3 aromatic rings. The number of aromatic nitrogens is 1. The Hall–Kier alpha value is -3.41. The highest BCUT2D eigenvalue weighted by Gasteiger charge is 2.16. The number of pyridine rings is 1. The van der Waals surface area contributed by atoms with Gasteiger partial charge in [0.15, 0.2) is 0 Å². The number of carbonyl (C=O) groups excluding carboxylic acids is 2. The van der Waals surface area contributed by atoms with Crippen LogP contribution in [0.15, 0.2) is 53.5 Å². The highest BCUT2D eigenvalue weighted by molar-refractivity contribution is 6.06. The molecule has 6 heteroatoms. The Bertz CT molecular complexity index is 1080. The smallest absolute Gasteiger partial charge is 0.337 e. The van der Waals surface area contributed by atoms with Crippen LogP contribution in [0.1, 0.15) is 33.2 Å². The predicted octanol–water partition coefficient (Wildman–Crippen LogP) is 3.37. The molecule has 27 heavy (non-hydrogen) atoms. The van der Waals surface area contributed by atoms with Gasteiger partial charge in [-0.2, -0.15) is 0 Å². The third-order valence-corrected chi connectivity index (χ3v) is 4.38. The Balaban J connectivity index is 1.97. The van der Waals surface area contributed by atoms with Gasteiger partial charge >= 0.3 is 5.97 Å². The van der Waals surface area contributed by atoms with Crippen LogP contribution >= 0.6 is 0 Å². The number of rotatable bonds is 4. The molecule has 0 aliphatic rings. The van der Waals surface area contributed by atoms with Crippen molar-refractivity contribution in [3.8, 4) is 0 Å². The molecule has 0 radical (unpaired) electrons. The van der Waals surface area contributed by atoms with E-state index in [1.54, 1.807) is 36.5 Å². The molecule has 2 aromatic carbocycles. The standard InChI is InChI=1S/C21H20N2O4/c1-4-23-12-17(19(24)16-11-13(2)5-10-18(16)23)20(25)22-15-8-6-14(7-9-15)21(26)27-3/h5-12H,4H2,1-3H3,(H,22,25). The van der Waals surface area contributed by atoms with E-state index in [-0.39, 0.29) is 11.0 Å². The number of hydrogen-bond acceptors (Lipinski definition) is 4. The molecule has 6 nitrogen and oxygen atoms in total. The molecule has 1 aromatic heterocycles. The van der Waals surface area contributed by atoms with Crippen LogP contribution in [0.5, 0.6) is 0 Å². The fraction of sp³-hybridized carbons (Fsp3) is 0.190. The lowest BCUT2D eigenvalue weighted by Crippen LogP contribution is -2.24. The molecule has 0 atom stereocenters. The molecule has 0 fully saturated rings. The summed E-state index contributed by atoms with van der Waals surface area (Å²) in [5.41, 5.74) is 2.39. The molecule has 0 saturated carbocycles. The van der Waals surface area contributed by atoms with Gasteiger partial charge in [-0.3, -0.25) is 9.59 Å². The first-order valence-corrected chi connectivity index (χ1v) is 8.58. The van der Waals surface area contributed by atoms with Crippen LogP contribution in [0.2, 0.25) is 0 Å². The Kier molecular flexibility index (Phi) is 5.07. The molecule has 0 unspecified atom stereocenters. The van der Waals surface area contributed by atoms with Crippen molar-refractivity contribution in [2.45, 2.75) is 20.4 Å². The Morgan fingerprint density at radius 3 is 2.44 bits per heavy atom. The maximum atomic E-state index is 12.8. The summed E-state index contributed by atoms with van der Waals surface area (Å²) in [5, 5.41) is 3.23. The van der Waals surface area contributed by atoms with Gasteiger partial charge < -0.3 is 14.6 Å². The van der Waals surface area contributed by atoms with Gasteiger partial charge in [0.05, 0.1) is 18.2 Å². The monoisotopic (exact) mass is 364 g/mol. The fourth-order valence-electron chi connectivity index (χ4n) is 2.94. The first kappa shape index (κ1) is 18.4. The van der Waals surface area contributed by atoms with Gasteiger partial charge in [0.25, 0.3) is 5.91 Å². The molecule has 138 valence electrons. The average Bonchev–Trinajstić information content (AvgIpc) is 2.68. The van der Waals surface area contributed by atoms with Crippen LogP contribution in [0, 0.1) is 6.92 Å². The Morgan fingerprint density at radius 1 is 1.11 bits per heavy atom. The molecular formula is C21H20N2O4. The number of esters is 1. The van der Waals surface area contributed by atoms with Crippen LogP contribution in [-0.2, 0) is 11.3 Å². The van der Waals surface area contributed by atoms with Crippen molar-refractivity contribution in [1.29, 1.82) is 0 Å². The highest BCUT2D eigenvalue weighted by Crippen LogP contribution is 2.16. The number of aryl methyl sites for hydroxylation is 2. The van der Waals surface area contributed by atoms with E-state index in [0.29, 0.717) is 23.2 Å². The number of carbonyl (C=O) groups is 2. The summed E-state index contributed by atoms with van der Waals surface area (Å²) >= 11 is 0. The van der Waals surface area contributed by atoms with Gasteiger partial charge in [-0.15, -0.1) is 0 Å². The van der Waals surface area contributed by atoms with Crippen molar-refractivity contribution in [1.82, 2.24) is 4.57 Å². The third-order valence-electron chi connectivity index (χ3n) is 4.38. The lowest BCUT2D eigenvalue weighted by Gasteiger charge is -2.12. The molecule has 1 amide bonds. The van der Waals surface area contributed by atoms with Crippen molar-refractivity contribution in [2.24, 2.45) is 0 Å². The SMILES string of the molecule is CCn1cc(C(=O)Nc2ccc(C(=O)OC)cc2)c(=O)c2cc(C)ccc21. The molecule has 1 N–H and O–H groups in total. The predicted molar refractivity (Wildman–Crippen MR) is 104 cm³/mol. The lowest BCUT2D eigenvalue weighted by molar-refractivity contribution is 0.0600. The zero-order valence-corrected chi connectivity index (χ0v) is 15.4. The summed E-state index contributed by atoms with van der Waals surface area (Å²) in [5.74, 6) is -0.944. The molecule has 0 aliphatic carbocycles. The van der Waals surface area contributed by atoms with E-state index in [1.165, 1.54) is 7.11 Å². The maximum Gasteiger partial charge on any atom is 0.337 e. The summed E-state index contributed by atoms with van der Waals surface area (Å²) in [7, 11) is 1.30. The number of benzene rings is 2. The normalized spacial score (nSPS) is 10.6. The topological polar surface area (TPSA) is 77.4 Å². The summed E-state index contributed by atoms with van der Waals surface area (Å²) in [6, 6.07) is 11.9. The first-order chi connectivity index (χ1) is 12.9. The van der Waals surface area contributed by atoms with E-state index in [4.69, 9.17) is 0 Å². The van der Waals surface area contributed by atoms with Crippen molar-refractivity contribution in [3.63, 3.8) is 0 Å². The molecule has 3 rings (SSSR count). The Morgan fingerprint density at radius 2 is 1.81 bits per heavy atom. The molecule has 0 bridgehead atoms. The number of nitrogens with one attached hydrogen (secondary N) is 1. The lowest BCUT2D eigenvalue weighted by atomic mass is 10.1. The zero-order valence-electron chi connectivity index (χ0n) is 15.4. The summed E-state index contributed by atoms with van der Waals surface area (Å²) < 4.78 is 6.53. The fourth-order valence-corrected chi connectivity index (χ4v) is 2.94. The highest BCUT2D eigenvalue weighted by atomic mass is 16.5. The van der Waals surface area contributed by atoms with Crippen LogP contribution in [0.25, 0.3) is 10.9 Å². The number of methoxy groups -OCH3 is 1. The van der Waals surface area contributed by atoms with Crippen molar-refractivity contribution >= 4 is 28.5 Å². The third kappa shape index (κ3) is 3.60. The number of anilines is 1. The second kappa shape index (κ2) is 7.45. The van der Waals surface area contributed by atoms with Crippen LogP contribution in [-0.4, -0.2) is 23.6 Å². The van der Waals surface area contributed by atoms with Crippen molar-refractivity contribution in [3.05, 3.63) is 75.6 Å². The molecule has 1 heterocycles. The quantitative estimate of drug-likeness (QED) is 0.720. The second-order valence-corrected chi connectivity index (χ2v) is 6.20. The van der Waals surface area contributed by atoms with Gasteiger partial charge in [0.1, 0.15) is 5.56 Å². The summed E-state index contributed by atoms with van der Waals surface area (Å²) in [4.78, 5) is 37.0. The molecule has 0 aliphatic heterocycles. The number of nitrogens with zero attached hydrogens (tertiary/aromatic N) is 1. The number of fused-ring (bicyclic) bond motifs is 1. The second-order valence-electron chi connectivity index (χ2n) is 6.20. The minimum atomic E-state index is -0.489.